The van der Waals surface area contributed by atoms with Crippen LogP contribution in [0, 0.1) is 5.92 Å². The molecule has 0 unspecified atom stereocenters. The molecule has 0 fully saturated rings. The van der Waals surface area contributed by atoms with Crippen molar-refractivity contribution in [3.8, 4) is 5.75 Å². The number of amides is 1. The maximum Gasteiger partial charge on any atom is 0.253 e. The summed E-state index contributed by atoms with van der Waals surface area (Å²) in [7, 11) is 1.85. The zero-order valence-corrected chi connectivity index (χ0v) is 12.5. The molecule has 0 aliphatic carbocycles. The minimum Gasteiger partial charge on any atom is -0.493 e. The van der Waals surface area contributed by atoms with E-state index < -0.39 is 0 Å². The molecule has 106 valence electrons. The minimum atomic E-state index is 0.0587. The number of nitrogens with zero attached hydrogens (tertiary/aromatic N) is 1. The second-order valence-electron chi connectivity index (χ2n) is 5.31. The van der Waals surface area contributed by atoms with E-state index in [2.05, 4.69) is 20.8 Å². The molecule has 1 aromatic rings. The average molecular weight is 263 g/mol. The van der Waals surface area contributed by atoms with Gasteiger partial charge in [-0.3, -0.25) is 4.79 Å². The lowest BCUT2D eigenvalue weighted by atomic mass is 10.2. The van der Waals surface area contributed by atoms with Crippen LogP contribution in [0.5, 0.6) is 5.75 Å². The fourth-order valence-corrected chi connectivity index (χ4v) is 1.70. The number of hydrogen-bond acceptors (Lipinski definition) is 2. The zero-order chi connectivity index (χ0) is 14.3. The third-order valence-corrected chi connectivity index (χ3v) is 2.86. The Morgan fingerprint density at radius 2 is 2.11 bits per heavy atom. The van der Waals surface area contributed by atoms with Gasteiger partial charge in [0.25, 0.3) is 5.91 Å². The van der Waals surface area contributed by atoms with E-state index in [1.54, 1.807) is 4.90 Å². The average Bonchev–Trinajstić information content (AvgIpc) is 2.42. The molecule has 0 spiro atoms. The number of unbranched alkanes of at least 4 members (excludes halogenated alkanes) is 1. The lowest BCUT2D eigenvalue weighted by Crippen LogP contribution is -2.27. The molecule has 0 aliphatic heterocycles. The minimum absolute atomic E-state index is 0.0587. The first-order chi connectivity index (χ1) is 9.04. The molecule has 0 heterocycles. The fraction of sp³-hybridized carbons (Fsp3) is 0.562. The molecule has 3 nitrogen and oxygen atoms in total. The Hall–Kier alpha value is -1.51. The first-order valence-corrected chi connectivity index (χ1v) is 7.03. The Morgan fingerprint density at radius 1 is 1.37 bits per heavy atom. The van der Waals surface area contributed by atoms with Crippen LogP contribution in [0.4, 0.5) is 0 Å². The molecule has 3 heteroatoms. The second-order valence-corrected chi connectivity index (χ2v) is 5.31. The van der Waals surface area contributed by atoms with Crippen LogP contribution >= 0.6 is 0 Å². The lowest BCUT2D eigenvalue weighted by Gasteiger charge is -2.17. The summed E-state index contributed by atoms with van der Waals surface area (Å²) in [5, 5.41) is 0. The standard InChI is InChI=1S/C16H25NO2/c1-5-6-10-17(4)16(18)14-8-7-9-15(11-14)19-12-13(2)3/h7-9,11,13H,5-6,10,12H2,1-4H3. The van der Waals surface area contributed by atoms with Crippen LogP contribution in [-0.4, -0.2) is 31.0 Å². The van der Waals surface area contributed by atoms with E-state index in [9.17, 15) is 4.79 Å². The van der Waals surface area contributed by atoms with Crippen molar-refractivity contribution in [3.05, 3.63) is 29.8 Å². The van der Waals surface area contributed by atoms with Gasteiger partial charge in [0.2, 0.25) is 0 Å². The molecule has 1 amide bonds. The van der Waals surface area contributed by atoms with Gasteiger partial charge in [0, 0.05) is 19.2 Å². The van der Waals surface area contributed by atoms with E-state index in [4.69, 9.17) is 4.74 Å². The summed E-state index contributed by atoms with van der Waals surface area (Å²) in [5.74, 6) is 1.30. The first-order valence-electron chi connectivity index (χ1n) is 7.03. The number of ether oxygens (including phenoxy) is 1. The molecular weight excluding hydrogens is 238 g/mol. The predicted molar refractivity (Wildman–Crippen MR) is 78.6 cm³/mol. The van der Waals surface area contributed by atoms with Crippen molar-refractivity contribution in [2.75, 3.05) is 20.2 Å². The van der Waals surface area contributed by atoms with Crippen molar-refractivity contribution in [1.82, 2.24) is 4.90 Å². The Labute approximate surface area is 116 Å². The van der Waals surface area contributed by atoms with Gasteiger partial charge in [-0.05, 0) is 30.5 Å². The number of rotatable bonds is 7. The van der Waals surface area contributed by atoms with Crippen LogP contribution in [0.3, 0.4) is 0 Å². The summed E-state index contributed by atoms with van der Waals surface area (Å²) in [6, 6.07) is 7.43. The first kappa shape index (κ1) is 15.5. The molecule has 0 aliphatic rings. The van der Waals surface area contributed by atoms with Gasteiger partial charge < -0.3 is 9.64 Å². The molecule has 0 saturated heterocycles. The van der Waals surface area contributed by atoms with Crippen molar-refractivity contribution in [2.45, 2.75) is 33.6 Å². The maximum absolute atomic E-state index is 12.2. The van der Waals surface area contributed by atoms with Gasteiger partial charge in [0.1, 0.15) is 5.75 Å². The zero-order valence-electron chi connectivity index (χ0n) is 12.5. The second kappa shape index (κ2) is 7.82. The van der Waals surface area contributed by atoms with Crippen LogP contribution in [-0.2, 0) is 0 Å². The van der Waals surface area contributed by atoms with Crippen molar-refractivity contribution in [1.29, 1.82) is 0 Å². The van der Waals surface area contributed by atoms with Gasteiger partial charge in [0.05, 0.1) is 6.61 Å². The molecule has 0 radical (unpaired) electrons. The lowest BCUT2D eigenvalue weighted by molar-refractivity contribution is 0.0793. The van der Waals surface area contributed by atoms with Crippen molar-refractivity contribution in [2.24, 2.45) is 5.92 Å². The van der Waals surface area contributed by atoms with Gasteiger partial charge in [0.15, 0.2) is 0 Å². The van der Waals surface area contributed by atoms with Gasteiger partial charge in [-0.1, -0.05) is 33.3 Å². The normalized spacial score (nSPS) is 10.6. The summed E-state index contributed by atoms with van der Waals surface area (Å²) >= 11 is 0. The Kier molecular flexibility index (Phi) is 6.40. The largest absolute Gasteiger partial charge is 0.493 e. The fourth-order valence-electron chi connectivity index (χ4n) is 1.70. The number of hydrogen-bond donors (Lipinski definition) is 0. The van der Waals surface area contributed by atoms with E-state index >= 15 is 0 Å². The van der Waals surface area contributed by atoms with Crippen LogP contribution in [0.15, 0.2) is 24.3 Å². The maximum atomic E-state index is 12.2. The van der Waals surface area contributed by atoms with Crippen LogP contribution in [0.25, 0.3) is 0 Å². The van der Waals surface area contributed by atoms with Crippen LogP contribution in [0.1, 0.15) is 44.0 Å². The van der Waals surface area contributed by atoms with Crippen LogP contribution < -0.4 is 4.74 Å². The van der Waals surface area contributed by atoms with Crippen molar-refractivity contribution in [3.63, 3.8) is 0 Å². The number of carbonyl (C=O) groups is 1. The highest BCUT2D eigenvalue weighted by Crippen LogP contribution is 2.15. The summed E-state index contributed by atoms with van der Waals surface area (Å²) < 4.78 is 5.65. The monoisotopic (exact) mass is 263 g/mol. The SMILES string of the molecule is CCCCN(C)C(=O)c1cccc(OCC(C)C)c1. The van der Waals surface area contributed by atoms with E-state index in [1.807, 2.05) is 31.3 Å². The third-order valence-electron chi connectivity index (χ3n) is 2.86. The molecular formula is C16H25NO2. The van der Waals surface area contributed by atoms with E-state index in [0.717, 1.165) is 25.1 Å². The Balaban J connectivity index is 2.67. The summed E-state index contributed by atoms with van der Waals surface area (Å²) in [6.45, 7) is 7.80. The van der Waals surface area contributed by atoms with Gasteiger partial charge in [-0.2, -0.15) is 0 Å². The molecule has 1 aromatic carbocycles. The Morgan fingerprint density at radius 3 is 2.74 bits per heavy atom. The summed E-state index contributed by atoms with van der Waals surface area (Å²) in [6.07, 6.45) is 2.13. The van der Waals surface area contributed by atoms with Gasteiger partial charge in [-0.15, -0.1) is 0 Å². The molecule has 1 rings (SSSR count). The molecule has 19 heavy (non-hydrogen) atoms. The van der Waals surface area contributed by atoms with Crippen molar-refractivity contribution < 1.29 is 9.53 Å². The molecule has 0 aromatic heterocycles. The van der Waals surface area contributed by atoms with Crippen molar-refractivity contribution >= 4 is 5.91 Å². The molecule has 0 bridgehead atoms. The quantitative estimate of drug-likeness (QED) is 0.752. The van der Waals surface area contributed by atoms with E-state index in [0.29, 0.717) is 18.1 Å². The topological polar surface area (TPSA) is 29.5 Å². The highest BCUT2D eigenvalue weighted by Gasteiger charge is 2.11. The summed E-state index contributed by atoms with van der Waals surface area (Å²) in [4.78, 5) is 14.0. The highest BCUT2D eigenvalue weighted by atomic mass is 16.5. The van der Waals surface area contributed by atoms with Gasteiger partial charge in [-0.25, -0.2) is 0 Å². The Bertz CT molecular complexity index is 401. The predicted octanol–water partition coefficient (Wildman–Crippen LogP) is 3.59. The highest BCUT2D eigenvalue weighted by molar-refractivity contribution is 5.94. The van der Waals surface area contributed by atoms with Gasteiger partial charge >= 0.3 is 0 Å². The smallest absolute Gasteiger partial charge is 0.253 e. The number of carbonyl (C=O) groups excluding carboxylic acids is 1. The molecule has 0 saturated carbocycles. The molecule has 0 atom stereocenters. The molecule has 0 N–H and O–H groups in total. The third kappa shape index (κ3) is 5.33. The van der Waals surface area contributed by atoms with E-state index in [-0.39, 0.29) is 5.91 Å². The van der Waals surface area contributed by atoms with E-state index in [1.165, 1.54) is 0 Å². The number of benzene rings is 1. The van der Waals surface area contributed by atoms with Crippen LogP contribution in [0.2, 0.25) is 0 Å². The summed E-state index contributed by atoms with van der Waals surface area (Å²) in [5.41, 5.74) is 0.694.